The number of carbonyl (C=O) groups is 2. The molecule has 7 nitrogen and oxygen atoms in total. The third kappa shape index (κ3) is 3.42. The predicted octanol–water partition coefficient (Wildman–Crippen LogP) is 3.35. The average Bonchev–Trinajstić information content (AvgIpc) is 3.22. The Kier molecular flexibility index (Phi) is 4.72. The topological polar surface area (TPSA) is 76.0 Å². The summed E-state index contributed by atoms with van der Waals surface area (Å²) in [6, 6.07) is 10.6. The summed E-state index contributed by atoms with van der Waals surface area (Å²) in [4.78, 5) is 24.0. The van der Waals surface area contributed by atoms with Crippen molar-refractivity contribution in [2.75, 3.05) is 20.8 Å². The number of fused-ring (bicyclic) bond motifs is 2. The molecule has 0 radical (unpaired) electrons. The van der Waals surface area contributed by atoms with E-state index in [-0.39, 0.29) is 18.1 Å². The molecule has 1 aliphatic heterocycles. The lowest BCUT2D eigenvalue weighted by atomic mass is 10.1. The Balaban J connectivity index is 1.64. The fourth-order valence-corrected chi connectivity index (χ4v) is 3.24. The number of ether oxygens (including phenoxy) is 4. The Bertz CT molecular complexity index is 1160. The van der Waals surface area contributed by atoms with Gasteiger partial charge in [0, 0.05) is 35.8 Å². The van der Waals surface area contributed by atoms with E-state index in [1.807, 2.05) is 36.0 Å². The van der Waals surface area contributed by atoms with Gasteiger partial charge in [0.15, 0.2) is 12.4 Å². The molecule has 0 saturated carbocycles. The zero-order valence-corrected chi connectivity index (χ0v) is 16.2. The van der Waals surface area contributed by atoms with E-state index in [2.05, 4.69) is 4.74 Å². The van der Waals surface area contributed by atoms with Crippen molar-refractivity contribution in [2.45, 2.75) is 0 Å². The van der Waals surface area contributed by atoms with Crippen LogP contribution in [-0.2, 0) is 16.6 Å². The van der Waals surface area contributed by atoms with Gasteiger partial charge in [-0.25, -0.2) is 4.79 Å². The van der Waals surface area contributed by atoms with Crippen molar-refractivity contribution in [3.05, 3.63) is 59.5 Å². The Hall–Kier alpha value is -3.74. The van der Waals surface area contributed by atoms with Gasteiger partial charge in [0.05, 0.1) is 19.8 Å². The van der Waals surface area contributed by atoms with Crippen LogP contribution in [0, 0.1) is 0 Å². The molecule has 0 fully saturated rings. The zero-order chi connectivity index (χ0) is 20.5. The molecule has 29 heavy (non-hydrogen) atoms. The van der Waals surface area contributed by atoms with E-state index in [1.54, 1.807) is 31.4 Å². The number of aromatic nitrogens is 1. The van der Waals surface area contributed by atoms with Gasteiger partial charge in [-0.15, -0.1) is 0 Å². The maximum atomic E-state index is 12.8. The van der Waals surface area contributed by atoms with Crippen molar-refractivity contribution in [2.24, 2.45) is 7.05 Å². The van der Waals surface area contributed by atoms with Crippen LogP contribution in [0.3, 0.4) is 0 Å². The number of ketones is 1. The molecular weight excluding hydrogens is 374 g/mol. The first-order valence-corrected chi connectivity index (χ1v) is 8.91. The van der Waals surface area contributed by atoms with Gasteiger partial charge in [0.1, 0.15) is 17.2 Å². The Morgan fingerprint density at radius 3 is 2.69 bits per heavy atom. The van der Waals surface area contributed by atoms with E-state index in [1.165, 1.54) is 7.11 Å². The minimum atomic E-state index is -0.491. The first-order chi connectivity index (χ1) is 14.0. The van der Waals surface area contributed by atoms with Crippen molar-refractivity contribution in [3.63, 3.8) is 0 Å². The predicted molar refractivity (Wildman–Crippen MR) is 106 cm³/mol. The highest BCUT2D eigenvalue weighted by molar-refractivity contribution is 6.15. The number of hydrogen-bond acceptors (Lipinski definition) is 6. The molecule has 2 heterocycles. The summed E-state index contributed by atoms with van der Waals surface area (Å²) < 4.78 is 23.0. The van der Waals surface area contributed by atoms with E-state index in [4.69, 9.17) is 14.2 Å². The number of Topliss-reactive ketones (excluding diaryl/α,β-unsaturated/α-hetero) is 1. The molecule has 0 amide bonds. The molecule has 0 unspecified atom stereocenters. The molecular formula is C22H19NO6. The van der Waals surface area contributed by atoms with E-state index in [9.17, 15) is 9.59 Å². The van der Waals surface area contributed by atoms with Crippen molar-refractivity contribution < 1.29 is 28.5 Å². The monoisotopic (exact) mass is 393 g/mol. The van der Waals surface area contributed by atoms with E-state index in [0.29, 0.717) is 17.1 Å². The lowest BCUT2D eigenvalue weighted by Crippen LogP contribution is -2.12. The summed E-state index contributed by atoms with van der Waals surface area (Å²) in [5.74, 6) is 1.06. The van der Waals surface area contributed by atoms with E-state index < -0.39 is 5.97 Å². The smallest absolute Gasteiger partial charge is 0.343 e. The highest BCUT2D eigenvalue weighted by atomic mass is 16.6. The van der Waals surface area contributed by atoms with Gasteiger partial charge in [-0.1, -0.05) is 0 Å². The number of hydrogen-bond donors (Lipinski definition) is 0. The largest absolute Gasteiger partial charge is 0.497 e. The molecule has 0 N–H and O–H groups in total. The number of aryl methyl sites for hydroxylation is 1. The maximum absolute atomic E-state index is 12.8. The molecule has 2 aromatic carbocycles. The van der Waals surface area contributed by atoms with Crippen molar-refractivity contribution in [3.8, 4) is 17.2 Å². The highest BCUT2D eigenvalue weighted by Crippen LogP contribution is 2.36. The average molecular weight is 393 g/mol. The maximum Gasteiger partial charge on any atom is 0.343 e. The molecule has 7 heteroatoms. The third-order valence-corrected chi connectivity index (χ3v) is 4.74. The number of carbonyl (C=O) groups excluding carboxylic acids is 2. The first kappa shape index (κ1) is 18.6. The fraction of sp³-hybridized carbons (Fsp3) is 0.182. The second kappa shape index (κ2) is 7.35. The molecule has 0 bridgehead atoms. The van der Waals surface area contributed by atoms with Gasteiger partial charge in [-0.3, -0.25) is 4.79 Å². The fourth-order valence-electron chi connectivity index (χ4n) is 3.24. The van der Waals surface area contributed by atoms with Gasteiger partial charge in [-0.05, 0) is 36.4 Å². The Morgan fingerprint density at radius 2 is 1.93 bits per heavy atom. The lowest BCUT2D eigenvalue weighted by Gasteiger charge is -2.05. The first-order valence-electron chi connectivity index (χ1n) is 8.91. The minimum Gasteiger partial charge on any atom is -0.497 e. The van der Waals surface area contributed by atoms with Crippen LogP contribution >= 0.6 is 0 Å². The van der Waals surface area contributed by atoms with Gasteiger partial charge in [-0.2, -0.15) is 0 Å². The number of allylic oxidation sites excluding steroid dienone is 1. The molecule has 0 saturated heterocycles. The second-order valence-electron chi connectivity index (χ2n) is 6.54. The molecule has 0 spiro atoms. The van der Waals surface area contributed by atoms with Crippen LogP contribution in [0.4, 0.5) is 0 Å². The number of benzene rings is 2. The summed E-state index contributed by atoms with van der Waals surface area (Å²) in [5.41, 5.74) is 2.30. The van der Waals surface area contributed by atoms with E-state index in [0.717, 1.165) is 22.2 Å². The van der Waals surface area contributed by atoms with Crippen LogP contribution in [-0.4, -0.2) is 37.1 Å². The highest BCUT2D eigenvalue weighted by Gasteiger charge is 2.28. The minimum absolute atomic E-state index is 0.209. The van der Waals surface area contributed by atoms with Crippen molar-refractivity contribution in [1.82, 2.24) is 4.57 Å². The Labute approximate surface area is 167 Å². The normalized spacial score (nSPS) is 14.0. The van der Waals surface area contributed by atoms with Crippen LogP contribution < -0.4 is 14.2 Å². The molecule has 1 aromatic heterocycles. The number of rotatable bonds is 5. The van der Waals surface area contributed by atoms with Gasteiger partial charge < -0.3 is 23.5 Å². The Morgan fingerprint density at radius 1 is 1.14 bits per heavy atom. The van der Waals surface area contributed by atoms with Crippen LogP contribution in [0.5, 0.6) is 17.2 Å². The van der Waals surface area contributed by atoms with Gasteiger partial charge in [0.25, 0.3) is 0 Å². The van der Waals surface area contributed by atoms with Crippen LogP contribution in [0.15, 0.2) is 48.4 Å². The van der Waals surface area contributed by atoms with Crippen LogP contribution in [0.2, 0.25) is 0 Å². The number of esters is 1. The molecule has 4 rings (SSSR count). The van der Waals surface area contributed by atoms with Crippen molar-refractivity contribution >= 4 is 28.7 Å². The van der Waals surface area contributed by atoms with Crippen LogP contribution in [0.1, 0.15) is 15.9 Å². The van der Waals surface area contributed by atoms with Gasteiger partial charge >= 0.3 is 5.97 Å². The number of methoxy groups -OCH3 is 2. The second-order valence-corrected chi connectivity index (χ2v) is 6.54. The lowest BCUT2D eigenvalue weighted by molar-refractivity contribution is -0.142. The molecule has 1 aliphatic rings. The van der Waals surface area contributed by atoms with Crippen LogP contribution in [0.25, 0.3) is 17.0 Å². The molecule has 0 atom stereocenters. The number of nitrogens with zero attached hydrogens (tertiary/aromatic N) is 1. The quantitative estimate of drug-likeness (QED) is 0.489. The summed E-state index contributed by atoms with van der Waals surface area (Å²) in [5, 5.41) is 0.953. The van der Waals surface area contributed by atoms with E-state index >= 15 is 0 Å². The van der Waals surface area contributed by atoms with Crippen molar-refractivity contribution in [1.29, 1.82) is 0 Å². The standard InChI is InChI=1S/C22H19NO6/c1-23-11-13(17-9-14(26-2)5-7-18(17)23)8-20-22(25)16-6-4-15(10-19(16)29-20)28-12-21(24)27-3/h4-11H,12H2,1-3H3. The van der Waals surface area contributed by atoms with Gasteiger partial charge in [0.2, 0.25) is 5.78 Å². The molecule has 148 valence electrons. The zero-order valence-electron chi connectivity index (χ0n) is 16.2. The third-order valence-electron chi connectivity index (χ3n) is 4.74. The summed E-state index contributed by atoms with van der Waals surface area (Å²) in [6.45, 7) is -0.218. The SMILES string of the molecule is COC(=O)COc1ccc2c(c1)OC(=Cc1cn(C)c3ccc(OC)cc13)C2=O. The molecule has 3 aromatic rings. The summed E-state index contributed by atoms with van der Waals surface area (Å²) >= 11 is 0. The summed E-state index contributed by atoms with van der Waals surface area (Å²) in [6.07, 6.45) is 3.65. The molecule has 0 aliphatic carbocycles. The summed E-state index contributed by atoms with van der Waals surface area (Å²) in [7, 11) is 4.84.